The average Bonchev–Trinajstić information content (AvgIpc) is 3.01. The molecular formula is C15H13NO4. The minimum Gasteiger partial charge on any atom is -0.461 e. The first kappa shape index (κ1) is 12.6. The summed E-state index contributed by atoms with van der Waals surface area (Å²) in [7, 11) is 0. The molecule has 102 valence electrons. The van der Waals surface area contributed by atoms with E-state index in [1.54, 1.807) is 18.2 Å². The molecule has 2 aromatic rings. The van der Waals surface area contributed by atoms with Gasteiger partial charge in [-0.2, -0.15) is 0 Å². The zero-order chi connectivity index (χ0) is 14.3. The van der Waals surface area contributed by atoms with Crippen molar-refractivity contribution in [2.75, 3.05) is 5.32 Å². The number of hydrogen-bond acceptors (Lipinski definition) is 4. The number of amides is 1. The minimum atomic E-state index is -1.84. The lowest BCUT2D eigenvalue weighted by molar-refractivity contribution is -0.133. The number of carbonyl (C=O) groups is 2. The van der Waals surface area contributed by atoms with Gasteiger partial charge in [0.05, 0.1) is 18.4 Å². The molecule has 0 bridgehead atoms. The first-order valence-electron chi connectivity index (χ1n) is 6.23. The Kier molecular flexibility index (Phi) is 2.72. The lowest BCUT2D eigenvalue weighted by Gasteiger charge is -2.19. The van der Waals surface area contributed by atoms with Gasteiger partial charge in [0, 0.05) is 5.56 Å². The van der Waals surface area contributed by atoms with Crippen molar-refractivity contribution in [2.45, 2.75) is 18.9 Å². The van der Waals surface area contributed by atoms with Gasteiger partial charge < -0.3 is 14.8 Å². The molecule has 0 radical (unpaired) electrons. The van der Waals surface area contributed by atoms with Gasteiger partial charge in [-0.3, -0.25) is 9.59 Å². The number of anilines is 1. The van der Waals surface area contributed by atoms with Crippen LogP contribution in [0, 0.1) is 6.92 Å². The van der Waals surface area contributed by atoms with E-state index in [0.717, 1.165) is 5.56 Å². The SMILES string of the molecule is Cc1cccc2c1NC(=O)[C@]2(O)CC(=O)c1ccco1. The van der Waals surface area contributed by atoms with Crippen molar-refractivity contribution in [2.24, 2.45) is 0 Å². The molecule has 0 fully saturated rings. The lowest BCUT2D eigenvalue weighted by Crippen LogP contribution is -2.36. The molecule has 1 atom stereocenters. The number of benzene rings is 1. The highest BCUT2D eigenvalue weighted by Gasteiger charge is 2.47. The highest BCUT2D eigenvalue weighted by atomic mass is 16.3. The highest BCUT2D eigenvalue weighted by molar-refractivity contribution is 6.09. The van der Waals surface area contributed by atoms with E-state index in [9.17, 15) is 14.7 Å². The van der Waals surface area contributed by atoms with Gasteiger partial charge in [0.15, 0.2) is 11.4 Å². The second kappa shape index (κ2) is 4.31. The van der Waals surface area contributed by atoms with Crippen LogP contribution in [0.2, 0.25) is 0 Å². The summed E-state index contributed by atoms with van der Waals surface area (Å²) in [5.41, 5.74) is 0.0115. The molecule has 0 saturated carbocycles. The van der Waals surface area contributed by atoms with Gasteiger partial charge in [0.2, 0.25) is 5.78 Å². The smallest absolute Gasteiger partial charge is 0.261 e. The predicted octanol–water partition coefficient (Wildman–Crippen LogP) is 2.00. The van der Waals surface area contributed by atoms with Gasteiger partial charge in [0.25, 0.3) is 5.91 Å². The minimum absolute atomic E-state index is 0.132. The fourth-order valence-electron chi connectivity index (χ4n) is 2.45. The Morgan fingerprint density at radius 1 is 1.35 bits per heavy atom. The van der Waals surface area contributed by atoms with Crippen LogP contribution in [0.1, 0.15) is 28.1 Å². The zero-order valence-electron chi connectivity index (χ0n) is 10.8. The highest BCUT2D eigenvalue weighted by Crippen LogP contribution is 2.40. The topological polar surface area (TPSA) is 79.5 Å². The van der Waals surface area contributed by atoms with Crippen LogP contribution < -0.4 is 5.32 Å². The molecule has 1 aliphatic heterocycles. The standard InChI is InChI=1S/C15H13NO4/c1-9-4-2-5-10-13(9)16-14(18)15(10,19)8-11(17)12-6-3-7-20-12/h2-7,19H,8H2,1H3,(H,16,18)/t15-/m0/s1. The van der Waals surface area contributed by atoms with Gasteiger partial charge in [0.1, 0.15) is 0 Å². The second-order valence-corrected chi connectivity index (χ2v) is 4.89. The summed E-state index contributed by atoms with van der Waals surface area (Å²) in [4.78, 5) is 24.1. The number of para-hydroxylation sites is 1. The van der Waals surface area contributed by atoms with E-state index in [0.29, 0.717) is 11.3 Å². The Labute approximate surface area is 115 Å². The maximum atomic E-state index is 12.1. The van der Waals surface area contributed by atoms with Crippen molar-refractivity contribution in [3.05, 3.63) is 53.5 Å². The van der Waals surface area contributed by atoms with Crippen LogP contribution in [0.25, 0.3) is 0 Å². The van der Waals surface area contributed by atoms with Crippen LogP contribution in [-0.2, 0) is 10.4 Å². The van der Waals surface area contributed by atoms with Crippen LogP contribution in [0.4, 0.5) is 5.69 Å². The molecule has 1 amide bonds. The Bertz CT molecular complexity index is 690. The molecule has 20 heavy (non-hydrogen) atoms. The molecule has 3 rings (SSSR count). The van der Waals surface area contributed by atoms with Crippen molar-refractivity contribution < 1.29 is 19.1 Å². The molecule has 0 unspecified atom stereocenters. The van der Waals surface area contributed by atoms with Crippen molar-refractivity contribution >= 4 is 17.4 Å². The number of furan rings is 1. The largest absolute Gasteiger partial charge is 0.461 e. The second-order valence-electron chi connectivity index (χ2n) is 4.89. The number of nitrogens with one attached hydrogen (secondary N) is 1. The summed E-state index contributed by atoms with van der Waals surface area (Å²) >= 11 is 0. The van der Waals surface area contributed by atoms with E-state index in [2.05, 4.69) is 5.32 Å². The number of hydrogen-bond donors (Lipinski definition) is 2. The van der Waals surface area contributed by atoms with Crippen LogP contribution in [-0.4, -0.2) is 16.8 Å². The summed E-state index contributed by atoms with van der Waals surface area (Å²) in [5, 5.41) is 13.3. The number of fused-ring (bicyclic) bond motifs is 1. The number of aryl methyl sites for hydroxylation is 1. The number of rotatable bonds is 3. The molecule has 1 aromatic carbocycles. The van der Waals surface area contributed by atoms with Crippen molar-refractivity contribution in [3.8, 4) is 0 Å². The third-order valence-corrected chi connectivity index (χ3v) is 3.54. The summed E-state index contributed by atoms with van der Waals surface area (Å²) in [5.74, 6) is -0.865. The Balaban J connectivity index is 1.99. The normalized spacial score (nSPS) is 20.6. The maximum absolute atomic E-state index is 12.1. The Morgan fingerprint density at radius 3 is 2.85 bits per heavy atom. The molecule has 0 spiro atoms. The number of ketones is 1. The van der Waals surface area contributed by atoms with Gasteiger partial charge >= 0.3 is 0 Å². The van der Waals surface area contributed by atoms with E-state index in [4.69, 9.17) is 4.42 Å². The summed E-state index contributed by atoms with van der Waals surface area (Å²) in [6, 6.07) is 8.32. The molecule has 2 heterocycles. The summed E-state index contributed by atoms with van der Waals surface area (Å²) in [6.45, 7) is 1.83. The van der Waals surface area contributed by atoms with Crippen LogP contribution in [0.15, 0.2) is 41.0 Å². The van der Waals surface area contributed by atoms with Crippen LogP contribution in [0.5, 0.6) is 0 Å². The third kappa shape index (κ3) is 1.75. The molecule has 5 nitrogen and oxygen atoms in total. The first-order valence-corrected chi connectivity index (χ1v) is 6.23. The fourth-order valence-corrected chi connectivity index (χ4v) is 2.45. The van der Waals surface area contributed by atoms with Crippen LogP contribution >= 0.6 is 0 Å². The van der Waals surface area contributed by atoms with Crippen molar-refractivity contribution in [1.82, 2.24) is 0 Å². The Hall–Kier alpha value is -2.40. The average molecular weight is 271 g/mol. The number of carbonyl (C=O) groups excluding carboxylic acids is 2. The molecule has 0 aliphatic carbocycles. The van der Waals surface area contributed by atoms with Crippen molar-refractivity contribution in [3.63, 3.8) is 0 Å². The van der Waals surface area contributed by atoms with Crippen molar-refractivity contribution in [1.29, 1.82) is 0 Å². The monoisotopic (exact) mass is 271 g/mol. The van der Waals surface area contributed by atoms with E-state index >= 15 is 0 Å². The Morgan fingerprint density at radius 2 is 2.15 bits per heavy atom. The van der Waals surface area contributed by atoms with Gasteiger partial charge in [-0.05, 0) is 24.6 Å². The quantitative estimate of drug-likeness (QED) is 0.837. The fraction of sp³-hybridized carbons (Fsp3) is 0.200. The molecular weight excluding hydrogens is 258 g/mol. The molecule has 0 saturated heterocycles. The molecule has 2 N–H and O–H groups in total. The van der Waals surface area contributed by atoms with E-state index in [-0.39, 0.29) is 12.2 Å². The van der Waals surface area contributed by atoms with Crippen LogP contribution in [0.3, 0.4) is 0 Å². The summed E-state index contributed by atoms with van der Waals surface area (Å²) in [6.07, 6.45) is 1.03. The maximum Gasteiger partial charge on any atom is 0.261 e. The lowest BCUT2D eigenvalue weighted by atomic mass is 9.88. The molecule has 1 aliphatic rings. The summed E-state index contributed by atoms with van der Waals surface area (Å²) < 4.78 is 5.01. The number of aliphatic hydroxyl groups is 1. The molecule has 5 heteroatoms. The predicted molar refractivity (Wildman–Crippen MR) is 71.4 cm³/mol. The van der Waals surface area contributed by atoms with Gasteiger partial charge in [-0.15, -0.1) is 0 Å². The molecule has 1 aromatic heterocycles. The van der Waals surface area contributed by atoms with E-state index < -0.39 is 17.3 Å². The van der Waals surface area contributed by atoms with E-state index in [1.807, 2.05) is 13.0 Å². The first-order chi connectivity index (χ1) is 9.52. The van der Waals surface area contributed by atoms with Gasteiger partial charge in [-0.25, -0.2) is 0 Å². The van der Waals surface area contributed by atoms with E-state index in [1.165, 1.54) is 12.3 Å². The van der Waals surface area contributed by atoms with Gasteiger partial charge in [-0.1, -0.05) is 18.2 Å². The number of Topliss-reactive ketones (excluding diaryl/α,β-unsaturated/α-hetero) is 1. The third-order valence-electron chi connectivity index (χ3n) is 3.54. The zero-order valence-corrected chi connectivity index (χ0v) is 10.8.